The van der Waals surface area contributed by atoms with E-state index in [1.54, 1.807) is 18.6 Å². The Labute approximate surface area is 102 Å². The molecular formula is C12H9N3OS. The molecule has 0 amide bonds. The number of pyridine rings is 1. The normalized spacial score (nSPS) is 12.8. The van der Waals surface area contributed by atoms with E-state index < -0.39 is 6.10 Å². The SMILES string of the molecule is OC(c1cnsn1)c1cncc2ccccc12. The summed E-state index contributed by atoms with van der Waals surface area (Å²) in [6.45, 7) is 0. The summed E-state index contributed by atoms with van der Waals surface area (Å²) in [4.78, 5) is 4.14. The lowest BCUT2D eigenvalue weighted by atomic mass is 10.0. The van der Waals surface area contributed by atoms with Crippen molar-refractivity contribution in [3.63, 3.8) is 0 Å². The Bertz CT molecular complexity index is 634. The summed E-state index contributed by atoms with van der Waals surface area (Å²) in [5.74, 6) is 0. The molecule has 0 aliphatic carbocycles. The maximum Gasteiger partial charge on any atom is 0.126 e. The zero-order chi connectivity index (χ0) is 11.7. The van der Waals surface area contributed by atoms with Gasteiger partial charge in [-0.05, 0) is 5.39 Å². The minimum Gasteiger partial charge on any atom is -0.382 e. The molecule has 1 aromatic carbocycles. The molecule has 5 heteroatoms. The summed E-state index contributed by atoms with van der Waals surface area (Å²) < 4.78 is 7.95. The van der Waals surface area contributed by atoms with Crippen LogP contribution >= 0.6 is 11.7 Å². The van der Waals surface area contributed by atoms with Gasteiger partial charge in [0.15, 0.2) is 0 Å². The van der Waals surface area contributed by atoms with E-state index in [-0.39, 0.29) is 0 Å². The van der Waals surface area contributed by atoms with Crippen molar-refractivity contribution in [1.82, 2.24) is 13.7 Å². The Morgan fingerprint density at radius 3 is 2.82 bits per heavy atom. The van der Waals surface area contributed by atoms with Gasteiger partial charge in [0.25, 0.3) is 0 Å². The second-order valence-electron chi connectivity index (χ2n) is 3.68. The van der Waals surface area contributed by atoms with Gasteiger partial charge < -0.3 is 5.11 Å². The van der Waals surface area contributed by atoms with Gasteiger partial charge in [0, 0.05) is 23.3 Å². The zero-order valence-electron chi connectivity index (χ0n) is 8.82. The molecule has 3 rings (SSSR count). The molecule has 0 bridgehead atoms. The van der Waals surface area contributed by atoms with Crippen molar-refractivity contribution in [3.05, 3.63) is 54.1 Å². The number of nitrogens with zero attached hydrogens (tertiary/aromatic N) is 3. The Hall–Kier alpha value is -1.85. The lowest BCUT2D eigenvalue weighted by Gasteiger charge is -2.10. The summed E-state index contributed by atoms with van der Waals surface area (Å²) in [6.07, 6.45) is 4.27. The Morgan fingerprint density at radius 1 is 1.12 bits per heavy atom. The highest BCUT2D eigenvalue weighted by atomic mass is 32.1. The molecule has 0 saturated carbocycles. The van der Waals surface area contributed by atoms with Crippen LogP contribution in [-0.4, -0.2) is 18.8 Å². The number of aliphatic hydroxyl groups excluding tert-OH is 1. The van der Waals surface area contributed by atoms with Crippen LogP contribution in [0, 0.1) is 0 Å². The van der Waals surface area contributed by atoms with Gasteiger partial charge in [0.05, 0.1) is 17.9 Å². The van der Waals surface area contributed by atoms with Gasteiger partial charge in [0.2, 0.25) is 0 Å². The molecule has 0 saturated heterocycles. The fraction of sp³-hybridized carbons (Fsp3) is 0.0833. The maximum atomic E-state index is 10.2. The molecule has 0 aliphatic rings. The molecule has 0 aliphatic heterocycles. The van der Waals surface area contributed by atoms with Crippen molar-refractivity contribution in [1.29, 1.82) is 0 Å². The van der Waals surface area contributed by atoms with E-state index in [0.29, 0.717) is 5.69 Å². The molecule has 84 valence electrons. The molecule has 2 aromatic heterocycles. The van der Waals surface area contributed by atoms with Crippen molar-refractivity contribution in [2.75, 3.05) is 0 Å². The Morgan fingerprint density at radius 2 is 2.00 bits per heavy atom. The number of benzene rings is 1. The van der Waals surface area contributed by atoms with Crippen molar-refractivity contribution in [2.45, 2.75) is 6.10 Å². The van der Waals surface area contributed by atoms with E-state index >= 15 is 0 Å². The highest BCUT2D eigenvalue weighted by Crippen LogP contribution is 2.26. The molecule has 0 spiro atoms. The molecule has 0 radical (unpaired) electrons. The van der Waals surface area contributed by atoms with E-state index in [0.717, 1.165) is 28.1 Å². The van der Waals surface area contributed by atoms with E-state index in [1.165, 1.54) is 0 Å². The largest absolute Gasteiger partial charge is 0.382 e. The molecule has 1 N–H and O–H groups in total. The number of aliphatic hydroxyl groups is 1. The van der Waals surface area contributed by atoms with Crippen LogP contribution < -0.4 is 0 Å². The topological polar surface area (TPSA) is 58.9 Å². The number of hydrogen-bond donors (Lipinski definition) is 1. The number of fused-ring (bicyclic) bond motifs is 1. The minimum absolute atomic E-state index is 0.563. The van der Waals surface area contributed by atoms with Gasteiger partial charge in [0.1, 0.15) is 11.8 Å². The van der Waals surface area contributed by atoms with Crippen LogP contribution in [0.4, 0.5) is 0 Å². The van der Waals surface area contributed by atoms with Crippen LogP contribution in [0.5, 0.6) is 0 Å². The molecule has 3 aromatic rings. The predicted octanol–water partition coefficient (Wildman–Crippen LogP) is 2.17. The molecule has 1 atom stereocenters. The zero-order valence-corrected chi connectivity index (χ0v) is 9.63. The van der Waals surface area contributed by atoms with Crippen LogP contribution in [0.15, 0.2) is 42.9 Å². The monoisotopic (exact) mass is 243 g/mol. The highest BCUT2D eigenvalue weighted by Gasteiger charge is 2.16. The first-order valence-electron chi connectivity index (χ1n) is 5.14. The van der Waals surface area contributed by atoms with Crippen molar-refractivity contribution >= 4 is 22.5 Å². The Balaban J connectivity index is 2.17. The smallest absolute Gasteiger partial charge is 0.126 e. The predicted molar refractivity (Wildman–Crippen MR) is 65.7 cm³/mol. The number of rotatable bonds is 2. The third-order valence-corrected chi connectivity index (χ3v) is 3.14. The Kier molecular flexibility index (Phi) is 2.55. The van der Waals surface area contributed by atoms with Crippen molar-refractivity contribution in [3.8, 4) is 0 Å². The maximum absolute atomic E-state index is 10.2. The average molecular weight is 243 g/mol. The highest BCUT2D eigenvalue weighted by molar-refractivity contribution is 6.99. The first kappa shape index (κ1) is 10.3. The third-order valence-electron chi connectivity index (χ3n) is 2.65. The van der Waals surface area contributed by atoms with E-state index in [2.05, 4.69) is 13.7 Å². The van der Waals surface area contributed by atoms with E-state index in [4.69, 9.17) is 0 Å². The molecule has 0 fully saturated rings. The van der Waals surface area contributed by atoms with Gasteiger partial charge in [-0.3, -0.25) is 4.98 Å². The first-order chi connectivity index (χ1) is 8.36. The molecule has 1 unspecified atom stereocenters. The second-order valence-corrected chi connectivity index (χ2v) is 4.24. The minimum atomic E-state index is -0.771. The average Bonchev–Trinajstić information content (AvgIpc) is 2.91. The van der Waals surface area contributed by atoms with E-state index in [9.17, 15) is 5.11 Å². The van der Waals surface area contributed by atoms with E-state index in [1.807, 2.05) is 24.3 Å². The number of aromatic nitrogens is 3. The lowest BCUT2D eigenvalue weighted by molar-refractivity contribution is 0.217. The molecule has 4 nitrogen and oxygen atoms in total. The van der Waals surface area contributed by atoms with Gasteiger partial charge in [-0.2, -0.15) is 8.75 Å². The van der Waals surface area contributed by atoms with Gasteiger partial charge in [-0.15, -0.1) is 0 Å². The summed E-state index contributed by atoms with van der Waals surface area (Å²) in [6, 6.07) is 7.83. The van der Waals surface area contributed by atoms with Gasteiger partial charge in [-0.1, -0.05) is 24.3 Å². The van der Waals surface area contributed by atoms with Crippen LogP contribution in [0.25, 0.3) is 10.8 Å². The first-order valence-corrected chi connectivity index (χ1v) is 5.87. The number of hydrogen-bond acceptors (Lipinski definition) is 5. The molecule has 2 heterocycles. The van der Waals surface area contributed by atoms with Crippen LogP contribution in [-0.2, 0) is 0 Å². The van der Waals surface area contributed by atoms with Crippen LogP contribution in [0.2, 0.25) is 0 Å². The van der Waals surface area contributed by atoms with Crippen molar-refractivity contribution in [2.24, 2.45) is 0 Å². The second kappa shape index (κ2) is 4.20. The molecule has 17 heavy (non-hydrogen) atoms. The summed E-state index contributed by atoms with van der Waals surface area (Å²) in [7, 11) is 0. The third kappa shape index (κ3) is 1.79. The lowest BCUT2D eigenvalue weighted by Crippen LogP contribution is -2.01. The summed E-state index contributed by atoms with van der Waals surface area (Å²) in [5.41, 5.74) is 1.32. The van der Waals surface area contributed by atoms with Gasteiger partial charge in [-0.25, -0.2) is 0 Å². The van der Waals surface area contributed by atoms with Gasteiger partial charge >= 0.3 is 0 Å². The fourth-order valence-electron chi connectivity index (χ4n) is 1.81. The summed E-state index contributed by atoms with van der Waals surface area (Å²) >= 11 is 1.09. The van der Waals surface area contributed by atoms with Crippen LogP contribution in [0.1, 0.15) is 17.4 Å². The summed E-state index contributed by atoms with van der Waals surface area (Å²) in [5, 5.41) is 12.2. The van der Waals surface area contributed by atoms with Crippen molar-refractivity contribution < 1.29 is 5.11 Å². The molecular weight excluding hydrogens is 234 g/mol. The van der Waals surface area contributed by atoms with Crippen LogP contribution in [0.3, 0.4) is 0 Å². The standard InChI is InChI=1S/C12H9N3OS/c16-12(11-7-14-17-15-11)10-6-13-5-8-3-1-2-4-9(8)10/h1-7,12,16H. The quantitative estimate of drug-likeness (QED) is 0.749. The fourth-order valence-corrected chi connectivity index (χ4v) is 2.25.